The van der Waals surface area contributed by atoms with Crippen molar-refractivity contribution in [1.82, 2.24) is 16.0 Å². The Hall–Kier alpha value is -2.19. The minimum absolute atomic E-state index is 0.207. The third-order valence-electron chi connectivity index (χ3n) is 6.89. The molecule has 3 aliphatic rings. The van der Waals surface area contributed by atoms with Gasteiger partial charge in [0, 0.05) is 29.4 Å². The van der Waals surface area contributed by atoms with E-state index in [0.29, 0.717) is 43.2 Å². The highest BCUT2D eigenvalue weighted by Gasteiger charge is 2.51. The number of aliphatic hydroxyl groups excluding tert-OH is 1. The quantitative estimate of drug-likeness (QED) is 0.359. The molecule has 2 amide bonds. The maximum Gasteiger partial charge on any atom is 0.404 e. The standard InChI is InChI=1S/C12H17F3N2O.C10H15FN2O2/c1-3-7-6(2)9-8(17-11(7)18)4-5-16-10(9)12(13,14)15;11-9-3-7(4-12)1-2-8(9)10(5-14)13-6-15/h8-10,16H,3-5H2,1-2H3,(H,17,18);6-10,14H,1-3,5H2,(H,13,15). The number of nitrogens with one attached hydrogen (secondary N) is 3. The second kappa shape index (κ2) is 11.8. The summed E-state index contributed by atoms with van der Waals surface area (Å²) in [4.78, 5) is 22.0. The third-order valence-corrected chi connectivity index (χ3v) is 6.89. The highest BCUT2D eigenvalue weighted by Crippen LogP contribution is 2.38. The normalized spacial score (nSPS) is 33.0. The first kappa shape index (κ1) is 27.1. The van der Waals surface area contributed by atoms with Crippen LogP contribution in [0.1, 0.15) is 46.0 Å². The number of carbonyl (C=O) groups is 2. The van der Waals surface area contributed by atoms with Crippen LogP contribution in [0.5, 0.6) is 0 Å². The summed E-state index contributed by atoms with van der Waals surface area (Å²) in [6.07, 6.45) is -2.55. The number of nitrogens with zero attached hydrogens (tertiary/aromatic N) is 1. The van der Waals surface area contributed by atoms with Gasteiger partial charge in [0.05, 0.1) is 18.7 Å². The van der Waals surface area contributed by atoms with Gasteiger partial charge in [-0.15, -0.1) is 0 Å². The summed E-state index contributed by atoms with van der Waals surface area (Å²) in [5.41, 5.74) is 1.08. The molecule has 0 radical (unpaired) electrons. The van der Waals surface area contributed by atoms with Crippen LogP contribution in [0, 0.1) is 29.1 Å². The Balaban J connectivity index is 0.000000238. The molecule has 2 aliphatic heterocycles. The Kier molecular flexibility index (Phi) is 9.67. The first-order chi connectivity index (χ1) is 15.6. The fraction of sp³-hybridized carbons (Fsp3) is 0.773. The highest BCUT2D eigenvalue weighted by molar-refractivity contribution is 5.95. The van der Waals surface area contributed by atoms with E-state index in [0.717, 1.165) is 0 Å². The van der Waals surface area contributed by atoms with Gasteiger partial charge < -0.3 is 21.1 Å². The third kappa shape index (κ3) is 6.44. The second-order valence-corrected chi connectivity index (χ2v) is 8.78. The number of carbonyl (C=O) groups excluding carboxylic acids is 2. The molecular formula is C22H32F4N4O3. The molecule has 7 nitrogen and oxygen atoms in total. The molecule has 2 fully saturated rings. The first-order valence-electron chi connectivity index (χ1n) is 11.2. The van der Waals surface area contributed by atoms with Gasteiger partial charge in [-0.05, 0) is 45.6 Å². The predicted molar refractivity (Wildman–Crippen MR) is 112 cm³/mol. The number of hydrogen-bond acceptors (Lipinski definition) is 5. The molecule has 1 saturated heterocycles. The minimum atomic E-state index is -4.29. The van der Waals surface area contributed by atoms with Crippen LogP contribution < -0.4 is 16.0 Å². The molecule has 7 atom stereocenters. The lowest BCUT2D eigenvalue weighted by Gasteiger charge is -2.44. The molecule has 2 heterocycles. The maximum absolute atomic E-state index is 13.6. The molecule has 33 heavy (non-hydrogen) atoms. The average molecular weight is 477 g/mol. The largest absolute Gasteiger partial charge is 0.404 e. The number of hydrogen-bond donors (Lipinski definition) is 4. The van der Waals surface area contributed by atoms with Crippen LogP contribution >= 0.6 is 0 Å². The summed E-state index contributed by atoms with van der Waals surface area (Å²) in [5.74, 6) is -1.48. The fourth-order valence-electron chi connectivity index (χ4n) is 5.15. The summed E-state index contributed by atoms with van der Waals surface area (Å²) < 4.78 is 52.7. The van der Waals surface area contributed by atoms with Gasteiger partial charge in [0.2, 0.25) is 12.3 Å². The molecule has 0 bridgehead atoms. The summed E-state index contributed by atoms with van der Waals surface area (Å²) in [7, 11) is 0. The number of amides is 2. The molecule has 0 aromatic carbocycles. The number of rotatable bonds is 5. The van der Waals surface area contributed by atoms with Gasteiger partial charge in [-0.3, -0.25) is 9.59 Å². The predicted octanol–water partition coefficient (Wildman–Crippen LogP) is 2.12. The molecular weight excluding hydrogens is 444 g/mol. The van der Waals surface area contributed by atoms with Gasteiger partial charge in [0.15, 0.2) is 0 Å². The summed E-state index contributed by atoms with van der Waals surface area (Å²) >= 11 is 0. The van der Waals surface area contributed by atoms with Gasteiger partial charge >= 0.3 is 6.18 Å². The molecule has 0 aromatic heterocycles. The van der Waals surface area contributed by atoms with Gasteiger partial charge in [-0.1, -0.05) is 12.5 Å². The zero-order chi connectivity index (χ0) is 24.8. The number of halogens is 4. The second-order valence-electron chi connectivity index (χ2n) is 8.78. The van der Waals surface area contributed by atoms with E-state index < -0.39 is 36.4 Å². The molecule has 0 spiro atoms. The van der Waals surface area contributed by atoms with Crippen LogP contribution in [-0.4, -0.2) is 61.0 Å². The zero-order valence-corrected chi connectivity index (χ0v) is 18.8. The van der Waals surface area contributed by atoms with Crippen LogP contribution in [0.3, 0.4) is 0 Å². The van der Waals surface area contributed by atoms with Crippen molar-refractivity contribution in [2.45, 2.75) is 76.4 Å². The summed E-state index contributed by atoms with van der Waals surface area (Å²) in [5, 5.41) is 25.3. The highest BCUT2D eigenvalue weighted by atomic mass is 19.4. The monoisotopic (exact) mass is 476 g/mol. The van der Waals surface area contributed by atoms with Crippen molar-refractivity contribution in [3.63, 3.8) is 0 Å². The van der Waals surface area contributed by atoms with Gasteiger partial charge in [0.25, 0.3) is 0 Å². The van der Waals surface area contributed by atoms with Crippen molar-refractivity contribution in [3.8, 4) is 6.07 Å². The van der Waals surface area contributed by atoms with Crippen molar-refractivity contribution in [1.29, 1.82) is 5.26 Å². The topological polar surface area (TPSA) is 114 Å². The molecule has 1 aliphatic carbocycles. The lowest BCUT2D eigenvalue weighted by molar-refractivity contribution is -0.172. The molecule has 11 heteroatoms. The van der Waals surface area contributed by atoms with E-state index in [1.807, 2.05) is 0 Å². The number of fused-ring (bicyclic) bond motifs is 1. The van der Waals surface area contributed by atoms with E-state index in [4.69, 9.17) is 10.4 Å². The Morgan fingerprint density at radius 1 is 1.33 bits per heavy atom. The minimum Gasteiger partial charge on any atom is -0.394 e. The lowest BCUT2D eigenvalue weighted by Crippen LogP contribution is -2.62. The molecule has 7 unspecified atom stereocenters. The van der Waals surface area contributed by atoms with E-state index in [1.165, 1.54) is 0 Å². The van der Waals surface area contributed by atoms with Crippen LogP contribution in [0.2, 0.25) is 0 Å². The average Bonchev–Trinajstić information content (AvgIpc) is 2.77. The Morgan fingerprint density at radius 3 is 2.55 bits per heavy atom. The smallest absolute Gasteiger partial charge is 0.394 e. The van der Waals surface area contributed by atoms with Crippen LogP contribution in [0.25, 0.3) is 0 Å². The van der Waals surface area contributed by atoms with Crippen molar-refractivity contribution in [2.75, 3.05) is 13.2 Å². The van der Waals surface area contributed by atoms with Crippen molar-refractivity contribution in [2.24, 2.45) is 17.8 Å². The maximum atomic E-state index is 13.6. The van der Waals surface area contributed by atoms with Crippen LogP contribution in [-0.2, 0) is 9.59 Å². The molecule has 0 aromatic rings. The Bertz CT molecular complexity index is 768. The molecule has 4 N–H and O–H groups in total. The summed E-state index contributed by atoms with van der Waals surface area (Å²) in [6.45, 7) is 3.46. The van der Waals surface area contributed by atoms with Crippen molar-refractivity contribution < 1.29 is 32.3 Å². The first-order valence-corrected chi connectivity index (χ1v) is 11.2. The van der Waals surface area contributed by atoms with Crippen molar-refractivity contribution >= 4 is 12.3 Å². The van der Waals surface area contributed by atoms with Gasteiger partial charge in [0.1, 0.15) is 12.2 Å². The Morgan fingerprint density at radius 2 is 2.03 bits per heavy atom. The molecule has 1 saturated carbocycles. The van der Waals surface area contributed by atoms with Crippen LogP contribution in [0.4, 0.5) is 17.6 Å². The fourth-order valence-corrected chi connectivity index (χ4v) is 5.15. The SMILES string of the molecule is CCC1=C(C)C2C(CCNC2C(F)(F)F)NC1=O.N#CC1CCC(C(CO)NC=O)C(F)C1. The lowest BCUT2D eigenvalue weighted by atomic mass is 9.76. The van der Waals surface area contributed by atoms with E-state index in [2.05, 4.69) is 22.0 Å². The van der Waals surface area contributed by atoms with E-state index in [1.54, 1.807) is 13.8 Å². The van der Waals surface area contributed by atoms with Gasteiger partial charge in [-0.2, -0.15) is 18.4 Å². The van der Waals surface area contributed by atoms with Crippen molar-refractivity contribution in [3.05, 3.63) is 11.1 Å². The summed E-state index contributed by atoms with van der Waals surface area (Å²) in [6, 6.07) is -0.438. The number of aliphatic hydroxyl groups is 1. The Labute approximate surface area is 191 Å². The number of alkyl halides is 4. The van der Waals surface area contributed by atoms with Crippen LogP contribution in [0.15, 0.2) is 11.1 Å². The van der Waals surface area contributed by atoms with E-state index in [-0.39, 0.29) is 37.3 Å². The van der Waals surface area contributed by atoms with Gasteiger partial charge in [-0.25, -0.2) is 4.39 Å². The zero-order valence-electron chi connectivity index (χ0n) is 18.8. The molecule has 186 valence electrons. The molecule has 3 rings (SSSR count). The number of nitriles is 1. The van der Waals surface area contributed by atoms with E-state index >= 15 is 0 Å². The van der Waals surface area contributed by atoms with E-state index in [9.17, 15) is 27.2 Å². The number of piperidine rings is 1.